The van der Waals surface area contributed by atoms with Gasteiger partial charge in [0.25, 0.3) is 0 Å². The van der Waals surface area contributed by atoms with Gasteiger partial charge in [0, 0.05) is 24.5 Å². The zero-order valence-electron chi connectivity index (χ0n) is 14.9. The van der Waals surface area contributed by atoms with E-state index in [0.29, 0.717) is 13.0 Å². The number of hydrogen-bond donors (Lipinski definition) is 1. The molecule has 1 aromatic carbocycles. The van der Waals surface area contributed by atoms with Crippen LogP contribution in [0, 0.1) is 6.92 Å². The van der Waals surface area contributed by atoms with E-state index >= 15 is 0 Å². The second-order valence-corrected chi connectivity index (χ2v) is 6.47. The van der Waals surface area contributed by atoms with E-state index in [1.807, 2.05) is 48.0 Å². The molecule has 1 amide bonds. The van der Waals surface area contributed by atoms with Crippen LogP contribution in [0.1, 0.15) is 12.0 Å². The second-order valence-electron chi connectivity index (χ2n) is 6.47. The summed E-state index contributed by atoms with van der Waals surface area (Å²) in [6, 6.07) is 6.11. The van der Waals surface area contributed by atoms with E-state index in [0.717, 1.165) is 29.7 Å². The fourth-order valence-electron chi connectivity index (χ4n) is 2.71. The first-order valence-electron chi connectivity index (χ1n) is 8.41. The highest BCUT2D eigenvalue weighted by atomic mass is 16.1. The number of aryl methyl sites for hydroxylation is 2. The van der Waals surface area contributed by atoms with Gasteiger partial charge in [-0.25, -0.2) is 0 Å². The van der Waals surface area contributed by atoms with Crippen molar-refractivity contribution in [2.24, 2.45) is 0 Å². The molecule has 1 N–H and O–H groups in total. The number of aromatic nitrogens is 4. The summed E-state index contributed by atoms with van der Waals surface area (Å²) in [5, 5.41) is 12.7. The van der Waals surface area contributed by atoms with E-state index in [1.54, 1.807) is 6.20 Å². The Kier molecular flexibility index (Phi) is 5.14. The summed E-state index contributed by atoms with van der Waals surface area (Å²) in [6.07, 6.45) is 5.76. The Bertz CT molecular complexity index is 863. The number of hydrogen-bond acceptors (Lipinski definition) is 4. The number of carbonyl (C=O) groups is 1. The molecule has 7 heteroatoms. The highest BCUT2D eigenvalue weighted by molar-refractivity contribution is 5.90. The molecule has 0 atom stereocenters. The Balaban J connectivity index is 1.55. The van der Waals surface area contributed by atoms with Gasteiger partial charge in [-0.2, -0.15) is 10.2 Å². The molecule has 0 aliphatic heterocycles. The van der Waals surface area contributed by atoms with Crippen molar-refractivity contribution in [3.8, 4) is 0 Å². The number of carbonyl (C=O) groups excluding carboxylic acids is 1. The van der Waals surface area contributed by atoms with Crippen LogP contribution in [0.2, 0.25) is 0 Å². The van der Waals surface area contributed by atoms with Crippen LogP contribution in [0.4, 0.5) is 5.69 Å². The number of fused-ring (bicyclic) bond motifs is 1. The Labute approximate surface area is 147 Å². The quantitative estimate of drug-likeness (QED) is 0.715. The summed E-state index contributed by atoms with van der Waals surface area (Å²) in [7, 11) is 4.04. The van der Waals surface area contributed by atoms with Gasteiger partial charge in [-0.05, 0) is 32.6 Å². The SMILES string of the molecule is Cc1cccc2c1cnn2CCC(=O)Nc1cnn(CCN(C)C)c1. The minimum absolute atomic E-state index is 0.0385. The molecule has 132 valence electrons. The molecule has 0 aliphatic carbocycles. The third kappa shape index (κ3) is 4.24. The van der Waals surface area contributed by atoms with E-state index in [4.69, 9.17) is 0 Å². The molecule has 0 saturated carbocycles. The number of likely N-dealkylation sites (N-methyl/N-ethyl adjacent to an activating group) is 1. The first kappa shape index (κ1) is 17.2. The van der Waals surface area contributed by atoms with Gasteiger partial charge >= 0.3 is 0 Å². The topological polar surface area (TPSA) is 68.0 Å². The Morgan fingerprint density at radius 1 is 1.20 bits per heavy atom. The standard InChI is InChI=1S/C18H24N6O/c1-14-5-4-6-17-16(14)12-20-24(17)8-7-18(25)21-15-11-19-23(13-15)10-9-22(2)3/h4-6,11-13H,7-10H2,1-3H3,(H,21,25). The lowest BCUT2D eigenvalue weighted by Gasteiger charge is -2.08. The molecule has 0 radical (unpaired) electrons. The smallest absolute Gasteiger partial charge is 0.226 e. The number of rotatable bonds is 7. The number of nitrogens with zero attached hydrogens (tertiary/aromatic N) is 5. The van der Waals surface area contributed by atoms with Crippen LogP contribution >= 0.6 is 0 Å². The van der Waals surface area contributed by atoms with Gasteiger partial charge in [0.15, 0.2) is 0 Å². The Morgan fingerprint density at radius 2 is 2.04 bits per heavy atom. The lowest BCUT2D eigenvalue weighted by atomic mass is 10.1. The largest absolute Gasteiger partial charge is 0.323 e. The molecular weight excluding hydrogens is 316 g/mol. The molecule has 0 bridgehead atoms. The van der Waals surface area contributed by atoms with Crippen molar-refractivity contribution in [3.63, 3.8) is 0 Å². The summed E-state index contributed by atoms with van der Waals surface area (Å²) >= 11 is 0. The van der Waals surface area contributed by atoms with Gasteiger partial charge in [-0.3, -0.25) is 14.2 Å². The molecule has 2 heterocycles. The van der Waals surface area contributed by atoms with Gasteiger partial charge in [0.2, 0.25) is 5.91 Å². The summed E-state index contributed by atoms with van der Waals surface area (Å²) in [6.45, 7) is 4.31. The molecular formula is C18H24N6O. The number of amides is 1. The molecule has 0 saturated heterocycles. The molecule has 3 aromatic rings. The summed E-state index contributed by atoms with van der Waals surface area (Å²) in [5.74, 6) is -0.0385. The molecule has 25 heavy (non-hydrogen) atoms. The van der Waals surface area contributed by atoms with Crippen molar-refractivity contribution in [1.29, 1.82) is 0 Å². The van der Waals surface area contributed by atoms with Crippen molar-refractivity contribution in [1.82, 2.24) is 24.5 Å². The number of benzene rings is 1. The molecule has 0 fully saturated rings. The number of nitrogens with one attached hydrogen (secondary N) is 1. The predicted molar refractivity (Wildman–Crippen MR) is 98.5 cm³/mol. The van der Waals surface area contributed by atoms with E-state index in [2.05, 4.69) is 33.4 Å². The molecule has 0 unspecified atom stereocenters. The average molecular weight is 340 g/mol. The first-order chi connectivity index (χ1) is 12.0. The van der Waals surface area contributed by atoms with Crippen molar-refractivity contribution in [2.45, 2.75) is 26.4 Å². The third-order valence-corrected chi connectivity index (χ3v) is 4.15. The van der Waals surface area contributed by atoms with Gasteiger partial charge in [-0.1, -0.05) is 12.1 Å². The van der Waals surface area contributed by atoms with Crippen LogP contribution in [-0.4, -0.2) is 51.0 Å². The first-order valence-corrected chi connectivity index (χ1v) is 8.41. The van der Waals surface area contributed by atoms with Crippen LogP contribution in [0.3, 0.4) is 0 Å². The van der Waals surface area contributed by atoms with Gasteiger partial charge in [0.1, 0.15) is 0 Å². The highest BCUT2D eigenvalue weighted by Gasteiger charge is 2.08. The zero-order chi connectivity index (χ0) is 17.8. The third-order valence-electron chi connectivity index (χ3n) is 4.15. The predicted octanol–water partition coefficient (Wildman–Crippen LogP) is 2.13. The molecule has 0 spiro atoms. The maximum absolute atomic E-state index is 12.2. The lowest BCUT2D eigenvalue weighted by Crippen LogP contribution is -2.18. The minimum atomic E-state index is -0.0385. The Hall–Kier alpha value is -2.67. The van der Waals surface area contributed by atoms with Crippen molar-refractivity contribution >= 4 is 22.5 Å². The molecule has 0 aliphatic rings. The Morgan fingerprint density at radius 3 is 2.84 bits per heavy atom. The molecule has 3 rings (SSSR count). The van der Waals surface area contributed by atoms with Crippen LogP contribution < -0.4 is 5.32 Å². The highest BCUT2D eigenvalue weighted by Crippen LogP contribution is 2.17. The van der Waals surface area contributed by atoms with E-state index in [9.17, 15) is 4.79 Å². The second kappa shape index (κ2) is 7.48. The average Bonchev–Trinajstić information content (AvgIpc) is 3.18. The van der Waals surface area contributed by atoms with Crippen molar-refractivity contribution in [3.05, 3.63) is 42.4 Å². The maximum Gasteiger partial charge on any atom is 0.226 e. The maximum atomic E-state index is 12.2. The van der Waals surface area contributed by atoms with Gasteiger partial charge in [0.05, 0.1) is 36.7 Å². The van der Waals surface area contributed by atoms with Gasteiger partial charge in [-0.15, -0.1) is 0 Å². The van der Waals surface area contributed by atoms with E-state index < -0.39 is 0 Å². The van der Waals surface area contributed by atoms with Crippen molar-refractivity contribution in [2.75, 3.05) is 26.0 Å². The number of anilines is 1. The minimum Gasteiger partial charge on any atom is -0.323 e. The van der Waals surface area contributed by atoms with Crippen LogP contribution in [0.15, 0.2) is 36.8 Å². The van der Waals surface area contributed by atoms with Crippen LogP contribution in [-0.2, 0) is 17.9 Å². The summed E-state index contributed by atoms with van der Waals surface area (Å²) in [5.41, 5.74) is 2.98. The van der Waals surface area contributed by atoms with E-state index in [1.165, 1.54) is 5.56 Å². The fourth-order valence-corrected chi connectivity index (χ4v) is 2.71. The van der Waals surface area contributed by atoms with Crippen molar-refractivity contribution < 1.29 is 4.79 Å². The summed E-state index contributed by atoms with van der Waals surface area (Å²) in [4.78, 5) is 14.3. The molecule has 2 aromatic heterocycles. The summed E-state index contributed by atoms with van der Waals surface area (Å²) < 4.78 is 3.71. The lowest BCUT2D eigenvalue weighted by molar-refractivity contribution is -0.116. The van der Waals surface area contributed by atoms with Crippen LogP contribution in [0.25, 0.3) is 10.9 Å². The normalized spacial score (nSPS) is 11.4. The zero-order valence-corrected chi connectivity index (χ0v) is 14.9. The molecule has 7 nitrogen and oxygen atoms in total. The van der Waals surface area contributed by atoms with E-state index in [-0.39, 0.29) is 5.91 Å². The van der Waals surface area contributed by atoms with Crippen LogP contribution in [0.5, 0.6) is 0 Å². The van der Waals surface area contributed by atoms with Gasteiger partial charge < -0.3 is 10.2 Å². The monoisotopic (exact) mass is 340 g/mol. The fraction of sp³-hybridized carbons (Fsp3) is 0.389.